The van der Waals surface area contributed by atoms with Gasteiger partial charge in [-0.05, 0) is 31.0 Å². The SMILES string of the molecule is CC1Cc2ccccc2N1CCC(=O)NCc1ccccc1F. The molecule has 0 saturated heterocycles. The van der Waals surface area contributed by atoms with Crippen LogP contribution >= 0.6 is 0 Å². The number of amides is 1. The number of rotatable bonds is 5. The summed E-state index contributed by atoms with van der Waals surface area (Å²) in [5, 5.41) is 2.80. The Balaban J connectivity index is 1.53. The molecular weight excluding hydrogens is 291 g/mol. The van der Waals surface area contributed by atoms with Crippen LogP contribution in [0.5, 0.6) is 0 Å². The summed E-state index contributed by atoms with van der Waals surface area (Å²) in [7, 11) is 0. The van der Waals surface area contributed by atoms with Gasteiger partial charge in [0, 0.05) is 36.8 Å². The fourth-order valence-corrected chi connectivity index (χ4v) is 3.12. The number of para-hydroxylation sites is 1. The second kappa shape index (κ2) is 6.82. The molecule has 23 heavy (non-hydrogen) atoms. The lowest BCUT2D eigenvalue weighted by Crippen LogP contribution is -2.34. The molecule has 2 aromatic carbocycles. The molecule has 4 heteroatoms. The molecule has 1 atom stereocenters. The Morgan fingerprint density at radius 1 is 1.22 bits per heavy atom. The van der Waals surface area contributed by atoms with Gasteiger partial charge in [-0.3, -0.25) is 4.79 Å². The third-order valence-electron chi connectivity index (χ3n) is 4.36. The van der Waals surface area contributed by atoms with E-state index in [0.29, 0.717) is 24.6 Å². The van der Waals surface area contributed by atoms with Gasteiger partial charge >= 0.3 is 0 Å². The third kappa shape index (κ3) is 3.52. The number of carbonyl (C=O) groups excluding carboxylic acids is 1. The summed E-state index contributed by atoms with van der Waals surface area (Å²) < 4.78 is 13.5. The molecule has 3 rings (SSSR count). The molecule has 3 nitrogen and oxygen atoms in total. The Morgan fingerprint density at radius 3 is 2.78 bits per heavy atom. The van der Waals surface area contributed by atoms with Crippen molar-refractivity contribution in [3.05, 3.63) is 65.5 Å². The van der Waals surface area contributed by atoms with Crippen molar-refractivity contribution in [1.29, 1.82) is 0 Å². The summed E-state index contributed by atoms with van der Waals surface area (Å²) in [4.78, 5) is 14.3. The molecule has 120 valence electrons. The molecule has 1 aliphatic rings. The molecular formula is C19H21FN2O. The van der Waals surface area contributed by atoms with Crippen LogP contribution in [0, 0.1) is 5.82 Å². The summed E-state index contributed by atoms with van der Waals surface area (Å²) in [5.41, 5.74) is 3.08. The van der Waals surface area contributed by atoms with Crippen molar-refractivity contribution in [2.75, 3.05) is 11.4 Å². The Hall–Kier alpha value is -2.36. The molecule has 1 amide bonds. The normalized spacial score (nSPS) is 16.3. The summed E-state index contributed by atoms with van der Waals surface area (Å²) in [6, 6.07) is 15.3. The molecule has 1 heterocycles. The van der Waals surface area contributed by atoms with Crippen LogP contribution < -0.4 is 10.2 Å². The number of carbonyl (C=O) groups is 1. The minimum atomic E-state index is -0.283. The fraction of sp³-hybridized carbons (Fsp3) is 0.316. The Morgan fingerprint density at radius 2 is 1.96 bits per heavy atom. The van der Waals surface area contributed by atoms with E-state index < -0.39 is 0 Å². The molecule has 0 spiro atoms. The number of hydrogen-bond acceptors (Lipinski definition) is 2. The van der Waals surface area contributed by atoms with E-state index in [0.717, 1.165) is 6.42 Å². The number of hydrogen-bond donors (Lipinski definition) is 1. The van der Waals surface area contributed by atoms with Crippen LogP contribution in [0.1, 0.15) is 24.5 Å². The maximum Gasteiger partial charge on any atom is 0.222 e. The molecule has 1 aliphatic heterocycles. The standard InChI is InChI=1S/C19H21FN2O/c1-14-12-15-6-3-5-9-18(15)22(14)11-10-19(23)21-13-16-7-2-4-8-17(16)20/h2-9,14H,10-13H2,1H3,(H,21,23). The zero-order valence-electron chi connectivity index (χ0n) is 13.3. The molecule has 0 radical (unpaired) electrons. The second-order valence-corrected chi connectivity index (χ2v) is 5.99. The van der Waals surface area contributed by atoms with Gasteiger partial charge in [-0.15, -0.1) is 0 Å². The highest BCUT2D eigenvalue weighted by molar-refractivity contribution is 5.76. The van der Waals surface area contributed by atoms with E-state index >= 15 is 0 Å². The van der Waals surface area contributed by atoms with Crippen LogP contribution in [0.25, 0.3) is 0 Å². The van der Waals surface area contributed by atoms with Crippen LogP contribution in [-0.4, -0.2) is 18.5 Å². The van der Waals surface area contributed by atoms with Gasteiger partial charge < -0.3 is 10.2 Å². The zero-order valence-corrected chi connectivity index (χ0v) is 13.3. The highest BCUT2D eigenvalue weighted by atomic mass is 19.1. The number of nitrogens with one attached hydrogen (secondary N) is 1. The number of fused-ring (bicyclic) bond motifs is 1. The van der Waals surface area contributed by atoms with E-state index in [9.17, 15) is 9.18 Å². The highest BCUT2D eigenvalue weighted by Gasteiger charge is 2.25. The van der Waals surface area contributed by atoms with Crippen molar-refractivity contribution in [2.24, 2.45) is 0 Å². The average Bonchev–Trinajstić information content (AvgIpc) is 2.87. The molecule has 2 aromatic rings. The minimum Gasteiger partial charge on any atom is -0.368 e. The van der Waals surface area contributed by atoms with Crippen LogP contribution in [0.3, 0.4) is 0 Å². The third-order valence-corrected chi connectivity index (χ3v) is 4.36. The zero-order chi connectivity index (χ0) is 16.2. The summed E-state index contributed by atoms with van der Waals surface area (Å²) >= 11 is 0. The van der Waals surface area contributed by atoms with Crippen molar-refractivity contribution >= 4 is 11.6 Å². The lowest BCUT2D eigenvalue weighted by molar-refractivity contribution is -0.121. The van der Waals surface area contributed by atoms with Gasteiger partial charge in [-0.1, -0.05) is 36.4 Å². The molecule has 0 fully saturated rings. The molecule has 0 saturated carbocycles. The Labute approximate surface area is 136 Å². The van der Waals surface area contributed by atoms with Crippen LogP contribution in [0.2, 0.25) is 0 Å². The van der Waals surface area contributed by atoms with E-state index in [2.05, 4.69) is 35.3 Å². The predicted molar refractivity (Wildman–Crippen MR) is 89.8 cm³/mol. The van der Waals surface area contributed by atoms with Crippen molar-refractivity contribution in [1.82, 2.24) is 5.32 Å². The maximum atomic E-state index is 13.5. The number of halogens is 1. The average molecular weight is 312 g/mol. The van der Waals surface area contributed by atoms with Crippen molar-refractivity contribution in [2.45, 2.75) is 32.4 Å². The van der Waals surface area contributed by atoms with E-state index in [1.807, 2.05) is 6.07 Å². The molecule has 1 unspecified atom stereocenters. The highest BCUT2D eigenvalue weighted by Crippen LogP contribution is 2.31. The van der Waals surface area contributed by atoms with Gasteiger partial charge in [-0.25, -0.2) is 4.39 Å². The summed E-state index contributed by atoms with van der Waals surface area (Å²) in [6.07, 6.45) is 1.43. The molecule has 1 N–H and O–H groups in total. The molecule has 0 aromatic heterocycles. The fourth-order valence-electron chi connectivity index (χ4n) is 3.12. The van der Waals surface area contributed by atoms with Gasteiger partial charge in [-0.2, -0.15) is 0 Å². The number of anilines is 1. The topological polar surface area (TPSA) is 32.3 Å². The van der Waals surface area contributed by atoms with Gasteiger partial charge in [0.15, 0.2) is 0 Å². The van der Waals surface area contributed by atoms with Gasteiger partial charge in [0.2, 0.25) is 5.91 Å². The first-order valence-electron chi connectivity index (χ1n) is 8.00. The Kier molecular flexibility index (Phi) is 4.60. The van der Waals surface area contributed by atoms with Crippen LogP contribution in [0.4, 0.5) is 10.1 Å². The van der Waals surface area contributed by atoms with Gasteiger partial charge in [0.1, 0.15) is 5.82 Å². The largest absolute Gasteiger partial charge is 0.368 e. The monoisotopic (exact) mass is 312 g/mol. The lowest BCUT2D eigenvalue weighted by Gasteiger charge is -2.24. The molecule has 0 bridgehead atoms. The minimum absolute atomic E-state index is 0.0511. The molecule has 0 aliphatic carbocycles. The van der Waals surface area contributed by atoms with Crippen molar-refractivity contribution < 1.29 is 9.18 Å². The van der Waals surface area contributed by atoms with E-state index in [4.69, 9.17) is 0 Å². The Bertz CT molecular complexity index is 701. The first-order valence-corrected chi connectivity index (χ1v) is 8.00. The summed E-state index contributed by atoms with van der Waals surface area (Å²) in [6.45, 7) is 3.09. The van der Waals surface area contributed by atoms with E-state index in [1.54, 1.807) is 18.2 Å². The number of nitrogens with zero attached hydrogens (tertiary/aromatic N) is 1. The predicted octanol–water partition coefficient (Wildman–Crippen LogP) is 3.28. The van der Waals surface area contributed by atoms with Gasteiger partial charge in [0.05, 0.1) is 0 Å². The van der Waals surface area contributed by atoms with E-state index in [1.165, 1.54) is 17.3 Å². The van der Waals surface area contributed by atoms with Crippen LogP contribution in [-0.2, 0) is 17.8 Å². The van der Waals surface area contributed by atoms with Crippen molar-refractivity contribution in [3.63, 3.8) is 0 Å². The summed E-state index contributed by atoms with van der Waals surface area (Å²) in [5.74, 6) is -0.334. The maximum absolute atomic E-state index is 13.5. The van der Waals surface area contributed by atoms with Crippen LogP contribution in [0.15, 0.2) is 48.5 Å². The quantitative estimate of drug-likeness (QED) is 0.919. The van der Waals surface area contributed by atoms with Gasteiger partial charge in [0.25, 0.3) is 0 Å². The lowest BCUT2D eigenvalue weighted by atomic mass is 10.1. The first kappa shape index (κ1) is 15.5. The number of benzene rings is 2. The second-order valence-electron chi connectivity index (χ2n) is 5.99. The first-order chi connectivity index (χ1) is 11.1. The van der Waals surface area contributed by atoms with Crippen molar-refractivity contribution in [3.8, 4) is 0 Å². The van der Waals surface area contributed by atoms with E-state index in [-0.39, 0.29) is 18.3 Å². The smallest absolute Gasteiger partial charge is 0.222 e.